The van der Waals surface area contributed by atoms with Crippen LogP contribution in [0.25, 0.3) is 0 Å². The Balaban J connectivity index is 1.80. The average Bonchev–Trinajstić information content (AvgIpc) is 3.00. The molecule has 4 unspecified atom stereocenters. The van der Waals surface area contributed by atoms with Crippen LogP contribution in [0.1, 0.15) is 71.0 Å². The molecular weight excluding hydrogens is 266 g/mol. The van der Waals surface area contributed by atoms with Gasteiger partial charge < -0.3 is 15.0 Å². The molecule has 2 fully saturated rings. The summed E-state index contributed by atoms with van der Waals surface area (Å²) in [6.07, 6.45) is 4.49. The molecule has 1 aromatic rings. The number of nitrogens with zero attached hydrogens (tertiary/aromatic N) is 2. The van der Waals surface area contributed by atoms with Gasteiger partial charge in [-0.25, -0.2) is 0 Å². The molecule has 5 heteroatoms. The first-order valence-corrected chi connectivity index (χ1v) is 8.19. The van der Waals surface area contributed by atoms with Crippen molar-refractivity contribution in [3.63, 3.8) is 0 Å². The summed E-state index contributed by atoms with van der Waals surface area (Å²) in [5, 5.41) is 4.21. The van der Waals surface area contributed by atoms with E-state index in [1.165, 1.54) is 0 Å². The number of ether oxygens (including phenoxy) is 1. The Morgan fingerprint density at radius 1 is 1.10 bits per heavy atom. The second-order valence-electron chi connectivity index (χ2n) is 7.23. The summed E-state index contributed by atoms with van der Waals surface area (Å²) in [5.41, 5.74) is 6.12. The fraction of sp³-hybridized carbons (Fsp3) is 0.875. The van der Waals surface area contributed by atoms with Crippen LogP contribution < -0.4 is 5.73 Å². The van der Waals surface area contributed by atoms with E-state index in [2.05, 4.69) is 37.8 Å². The van der Waals surface area contributed by atoms with Gasteiger partial charge in [-0.05, 0) is 51.4 Å². The second kappa shape index (κ2) is 5.36. The minimum Gasteiger partial charge on any atom is -0.374 e. The van der Waals surface area contributed by atoms with Crippen LogP contribution in [-0.4, -0.2) is 22.3 Å². The molecule has 1 saturated carbocycles. The van der Waals surface area contributed by atoms with E-state index in [-0.39, 0.29) is 18.1 Å². The number of aromatic nitrogens is 2. The van der Waals surface area contributed by atoms with Gasteiger partial charge in [-0.15, -0.1) is 0 Å². The van der Waals surface area contributed by atoms with Gasteiger partial charge >= 0.3 is 0 Å². The minimum atomic E-state index is -0.411. The summed E-state index contributed by atoms with van der Waals surface area (Å²) in [6, 6.07) is 0. The summed E-state index contributed by atoms with van der Waals surface area (Å²) in [6.45, 7) is 8.64. The highest BCUT2D eigenvalue weighted by atomic mass is 16.5. The molecule has 0 bridgehead atoms. The molecule has 1 aliphatic carbocycles. The van der Waals surface area contributed by atoms with Gasteiger partial charge in [-0.3, -0.25) is 0 Å². The van der Waals surface area contributed by atoms with E-state index in [4.69, 9.17) is 15.0 Å². The summed E-state index contributed by atoms with van der Waals surface area (Å²) in [7, 11) is 0. The van der Waals surface area contributed by atoms with E-state index in [0.29, 0.717) is 17.6 Å². The molecule has 0 spiro atoms. The number of rotatable bonds is 2. The predicted octanol–water partition coefficient (Wildman–Crippen LogP) is 2.96. The van der Waals surface area contributed by atoms with Gasteiger partial charge in [-0.1, -0.05) is 19.0 Å². The highest BCUT2D eigenvalue weighted by molar-refractivity contribution is 5.10. The van der Waals surface area contributed by atoms with Crippen LogP contribution in [0.5, 0.6) is 0 Å². The number of hydrogen-bond acceptors (Lipinski definition) is 5. The zero-order valence-electron chi connectivity index (χ0n) is 13.5. The van der Waals surface area contributed by atoms with Crippen molar-refractivity contribution < 1.29 is 9.26 Å². The molecule has 1 aromatic heterocycles. The van der Waals surface area contributed by atoms with Gasteiger partial charge in [0.15, 0.2) is 5.82 Å². The topological polar surface area (TPSA) is 74.2 Å². The van der Waals surface area contributed by atoms with Crippen molar-refractivity contribution >= 4 is 0 Å². The normalized spacial score (nSPS) is 44.1. The molecule has 2 aliphatic rings. The number of nitrogens with two attached hydrogens (primary N) is 1. The molecule has 0 radical (unpaired) electrons. The largest absolute Gasteiger partial charge is 0.374 e. The Hall–Kier alpha value is -0.940. The second-order valence-corrected chi connectivity index (χ2v) is 7.23. The summed E-state index contributed by atoms with van der Waals surface area (Å²) in [4.78, 5) is 4.67. The fourth-order valence-corrected chi connectivity index (χ4v) is 3.77. The lowest BCUT2D eigenvalue weighted by Crippen LogP contribution is -2.41. The van der Waals surface area contributed by atoms with Gasteiger partial charge in [-0.2, -0.15) is 4.98 Å². The maximum absolute atomic E-state index is 6.53. The van der Waals surface area contributed by atoms with Gasteiger partial charge in [0.2, 0.25) is 5.89 Å². The third-order valence-electron chi connectivity index (χ3n) is 5.58. The first-order chi connectivity index (χ1) is 9.90. The third-order valence-corrected chi connectivity index (χ3v) is 5.58. The lowest BCUT2D eigenvalue weighted by Gasteiger charge is -2.33. The SMILES string of the molecule is CC1CCC(N)(c2noc(C3C(C)OC(C)C3C)n2)CC1. The number of hydrogen-bond donors (Lipinski definition) is 1. The highest BCUT2D eigenvalue weighted by Crippen LogP contribution is 2.41. The van der Waals surface area contributed by atoms with E-state index >= 15 is 0 Å². The van der Waals surface area contributed by atoms with Crippen LogP contribution in [0.4, 0.5) is 0 Å². The van der Waals surface area contributed by atoms with Crippen molar-refractivity contribution in [1.82, 2.24) is 10.1 Å². The van der Waals surface area contributed by atoms with Gasteiger partial charge in [0.25, 0.3) is 0 Å². The molecule has 21 heavy (non-hydrogen) atoms. The van der Waals surface area contributed by atoms with Crippen LogP contribution in [0.2, 0.25) is 0 Å². The van der Waals surface area contributed by atoms with Crippen molar-refractivity contribution in [1.29, 1.82) is 0 Å². The molecular formula is C16H27N3O2. The smallest absolute Gasteiger partial charge is 0.232 e. The van der Waals surface area contributed by atoms with E-state index in [0.717, 1.165) is 31.6 Å². The Bertz CT molecular complexity index is 493. The first-order valence-electron chi connectivity index (χ1n) is 8.19. The van der Waals surface area contributed by atoms with Crippen molar-refractivity contribution in [2.75, 3.05) is 0 Å². The van der Waals surface area contributed by atoms with Gasteiger partial charge in [0.05, 0.1) is 23.7 Å². The molecule has 5 nitrogen and oxygen atoms in total. The standard InChI is InChI=1S/C16H27N3O2/c1-9-5-7-16(17,8-6-9)15-18-14(21-19-15)13-10(2)11(3)20-12(13)4/h9-13H,5-8,17H2,1-4H3. The van der Waals surface area contributed by atoms with Crippen LogP contribution in [0.3, 0.4) is 0 Å². The van der Waals surface area contributed by atoms with Crippen LogP contribution >= 0.6 is 0 Å². The lowest BCUT2D eigenvalue weighted by molar-refractivity contribution is 0.0542. The van der Waals surface area contributed by atoms with Crippen LogP contribution in [0.15, 0.2) is 4.52 Å². The Kier molecular flexibility index (Phi) is 3.82. The van der Waals surface area contributed by atoms with Gasteiger partial charge in [0.1, 0.15) is 0 Å². The Morgan fingerprint density at radius 3 is 2.33 bits per heavy atom. The van der Waals surface area contributed by atoms with E-state index in [1.54, 1.807) is 0 Å². The zero-order valence-corrected chi connectivity index (χ0v) is 13.5. The van der Waals surface area contributed by atoms with Crippen molar-refractivity contribution in [3.05, 3.63) is 11.7 Å². The van der Waals surface area contributed by atoms with Crippen molar-refractivity contribution in [3.8, 4) is 0 Å². The third kappa shape index (κ3) is 2.61. The molecule has 118 valence electrons. The van der Waals surface area contributed by atoms with Crippen LogP contribution in [0, 0.1) is 11.8 Å². The van der Waals surface area contributed by atoms with Gasteiger partial charge in [0, 0.05) is 0 Å². The highest BCUT2D eigenvalue weighted by Gasteiger charge is 2.43. The summed E-state index contributed by atoms with van der Waals surface area (Å²) >= 11 is 0. The minimum absolute atomic E-state index is 0.114. The predicted molar refractivity (Wildman–Crippen MR) is 79.7 cm³/mol. The van der Waals surface area contributed by atoms with Crippen LogP contribution in [-0.2, 0) is 10.3 Å². The molecule has 2 heterocycles. The molecule has 0 amide bonds. The van der Waals surface area contributed by atoms with E-state index < -0.39 is 5.54 Å². The molecule has 1 saturated heterocycles. The van der Waals surface area contributed by atoms with Crippen molar-refractivity contribution in [2.45, 2.75) is 77.0 Å². The molecule has 2 N–H and O–H groups in total. The summed E-state index contributed by atoms with van der Waals surface area (Å²) < 4.78 is 11.4. The maximum Gasteiger partial charge on any atom is 0.232 e. The monoisotopic (exact) mass is 293 g/mol. The summed E-state index contributed by atoms with van der Waals surface area (Å²) in [5.74, 6) is 2.68. The Morgan fingerprint density at radius 2 is 1.76 bits per heavy atom. The lowest BCUT2D eigenvalue weighted by atomic mass is 9.77. The zero-order chi connectivity index (χ0) is 15.2. The van der Waals surface area contributed by atoms with E-state index in [9.17, 15) is 0 Å². The molecule has 4 atom stereocenters. The molecule has 0 aromatic carbocycles. The molecule has 1 aliphatic heterocycles. The fourth-order valence-electron chi connectivity index (χ4n) is 3.77. The Labute approximate surface area is 126 Å². The molecule has 3 rings (SSSR count). The quantitative estimate of drug-likeness (QED) is 0.907. The average molecular weight is 293 g/mol. The van der Waals surface area contributed by atoms with Crippen molar-refractivity contribution in [2.24, 2.45) is 17.6 Å². The maximum atomic E-state index is 6.53. The first kappa shape index (κ1) is 15.0. The van der Waals surface area contributed by atoms with E-state index in [1.807, 2.05) is 0 Å².